The number of hydrogen-bond donors (Lipinski definition) is 0. The highest BCUT2D eigenvalue weighted by Gasteiger charge is 2.32. The van der Waals surface area contributed by atoms with E-state index in [1.54, 1.807) is 0 Å². The fourth-order valence-electron chi connectivity index (χ4n) is 1.80. The number of hydrogen-bond acceptors (Lipinski definition) is 1. The van der Waals surface area contributed by atoms with Crippen LogP contribution >= 0.6 is 0 Å². The second-order valence-corrected chi connectivity index (χ2v) is 4.19. The third-order valence-electron chi connectivity index (χ3n) is 2.89. The highest BCUT2D eigenvalue weighted by molar-refractivity contribution is 5.41. The van der Waals surface area contributed by atoms with Crippen molar-refractivity contribution in [2.45, 2.75) is 39.2 Å². The summed E-state index contributed by atoms with van der Waals surface area (Å²) in [6.07, 6.45) is 2.12. The van der Waals surface area contributed by atoms with E-state index in [-0.39, 0.29) is 5.60 Å². The van der Waals surface area contributed by atoms with Crippen LogP contribution in [0.1, 0.15) is 31.4 Å². The van der Waals surface area contributed by atoms with Crippen molar-refractivity contribution in [3.8, 4) is 5.75 Å². The number of rotatable bonds is 1. The van der Waals surface area contributed by atoms with Crippen molar-refractivity contribution in [3.05, 3.63) is 29.3 Å². The lowest BCUT2D eigenvalue weighted by Crippen LogP contribution is -2.28. The van der Waals surface area contributed by atoms with Gasteiger partial charge in [-0.25, -0.2) is 0 Å². The van der Waals surface area contributed by atoms with Gasteiger partial charge in [0, 0.05) is 6.42 Å². The number of benzene rings is 1. The van der Waals surface area contributed by atoms with Gasteiger partial charge in [-0.2, -0.15) is 0 Å². The van der Waals surface area contributed by atoms with E-state index in [1.807, 2.05) is 0 Å². The van der Waals surface area contributed by atoms with Gasteiger partial charge in [-0.05, 0) is 37.5 Å². The third kappa shape index (κ3) is 1.43. The van der Waals surface area contributed by atoms with Gasteiger partial charge < -0.3 is 4.74 Å². The van der Waals surface area contributed by atoms with Crippen LogP contribution in [0, 0.1) is 6.92 Å². The van der Waals surface area contributed by atoms with Crippen LogP contribution in [0.3, 0.4) is 0 Å². The monoisotopic (exact) mass is 176 g/mol. The predicted octanol–water partition coefficient (Wildman–Crippen LogP) is 3.10. The molecular formula is C12H16O. The first-order valence-corrected chi connectivity index (χ1v) is 4.91. The maximum atomic E-state index is 5.92. The van der Waals surface area contributed by atoms with E-state index >= 15 is 0 Å². The molecule has 1 heteroatoms. The Morgan fingerprint density at radius 3 is 2.92 bits per heavy atom. The summed E-state index contributed by atoms with van der Waals surface area (Å²) in [5.74, 6) is 1.09. The predicted molar refractivity (Wildman–Crippen MR) is 54.2 cm³/mol. The summed E-state index contributed by atoms with van der Waals surface area (Å²) in [5.41, 5.74) is 2.67. The molecule has 1 nitrogen and oxygen atoms in total. The molecule has 1 aliphatic heterocycles. The van der Waals surface area contributed by atoms with Crippen molar-refractivity contribution in [2.75, 3.05) is 0 Å². The Hall–Kier alpha value is -0.980. The van der Waals surface area contributed by atoms with E-state index in [0.717, 1.165) is 18.6 Å². The molecule has 0 radical (unpaired) electrons. The quantitative estimate of drug-likeness (QED) is 0.639. The zero-order valence-electron chi connectivity index (χ0n) is 8.55. The standard InChI is InChI=1S/C12H16O/c1-4-12(3)8-10-6-5-9(2)7-11(10)13-12/h5-7H,4,8H2,1-3H3. The van der Waals surface area contributed by atoms with Gasteiger partial charge in [-0.15, -0.1) is 0 Å². The Morgan fingerprint density at radius 1 is 1.46 bits per heavy atom. The summed E-state index contributed by atoms with van der Waals surface area (Å²) in [6, 6.07) is 6.48. The van der Waals surface area contributed by atoms with Gasteiger partial charge in [0.15, 0.2) is 0 Å². The minimum atomic E-state index is 0.0378. The molecule has 1 heterocycles. The smallest absolute Gasteiger partial charge is 0.123 e. The summed E-state index contributed by atoms with van der Waals surface area (Å²) >= 11 is 0. The van der Waals surface area contributed by atoms with Crippen LogP contribution in [0.5, 0.6) is 5.75 Å². The van der Waals surface area contributed by atoms with Gasteiger partial charge in [0.05, 0.1) is 0 Å². The Kier molecular flexibility index (Phi) is 1.83. The minimum absolute atomic E-state index is 0.0378. The van der Waals surface area contributed by atoms with Crippen LogP contribution in [0.2, 0.25) is 0 Å². The Morgan fingerprint density at radius 2 is 2.23 bits per heavy atom. The molecule has 1 atom stereocenters. The van der Waals surface area contributed by atoms with Crippen LogP contribution < -0.4 is 4.74 Å². The first kappa shape index (κ1) is 8.61. The van der Waals surface area contributed by atoms with Gasteiger partial charge in [0.2, 0.25) is 0 Å². The molecule has 0 aliphatic carbocycles. The Labute approximate surface area is 79.7 Å². The molecule has 1 aromatic rings. The van der Waals surface area contributed by atoms with Crippen molar-refractivity contribution in [3.63, 3.8) is 0 Å². The van der Waals surface area contributed by atoms with Crippen LogP contribution in [-0.4, -0.2) is 5.60 Å². The van der Waals surface area contributed by atoms with E-state index in [4.69, 9.17) is 4.74 Å². The highest BCUT2D eigenvalue weighted by Crippen LogP contribution is 2.36. The maximum Gasteiger partial charge on any atom is 0.123 e. The molecule has 0 amide bonds. The lowest BCUT2D eigenvalue weighted by atomic mass is 9.96. The second kappa shape index (κ2) is 2.76. The molecule has 0 fully saturated rings. The van der Waals surface area contributed by atoms with Crippen molar-refractivity contribution in [1.29, 1.82) is 0 Å². The summed E-state index contributed by atoms with van der Waals surface area (Å²) in [5, 5.41) is 0. The second-order valence-electron chi connectivity index (χ2n) is 4.19. The van der Waals surface area contributed by atoms with Crippen LogP contribution in [-0.2, 0) is 6.42 Å². The van der Waals surface area contributed by atoms with Crippen molar-refractivity contribution < 1.29 is 4.74 Å². The molecule has 0 bridgehead atoms. The summed E-state index contributed by atoms with van der Waals surface area (Å²) < 4.78 is 5.92. The van der Waals surface area contributed by atoms with Crippen molar-refractivity contribution in [2.24, 2.45) is 0 Å². The van der Waals surface area contributed by atoms with E-state index in [1.165, 1.54) is 11.1 Å². The minimum Gasteiger partial charge on any atom is -0.487 e. The molecule has 13 heavy (non-hydrogen) atoms. The third-order valence-corrected chi connectivity index (χ3v) is 2.89. The molecule has 1 aromatic carbocycles. The van der Waals surface area contributed by atoms with E-state index < -0.39 is 0 Å². The molecular weight excluding hydrogens is 160 g/mol. The Bertz CT molecular complexity index is 330. The van der Waals surface area contributed by atoms with Gasteiger partial charge in [0.1, 0.15) is 11.4 Å². The van der Waals surface area contributed by atoms with Crippen LogP contribution in [0.15, 0.2) is 18.2 Å². The average molecular weight is 176 g/mol. The van der Waals surface area contributed by atoms with Crippen LogP contribution in [0.25, 0.3) is 0 Å². The van der Waals surface area contributed by atoms with Gasteiger partial charge >= 0.3 is 0 Å². The molecule has 0 N–H and O–H groups in total. The van der Waals surface area contributed by atoms with E-state index in [2.05, 4.69) is 39.0 Å². The molecule has 1 aliphatic rings. The lowest BCUT2D eigenvalue weighted by molar-refractivity contribution is 0.112. The van der Waals surface area contributed by atoms with Gasteiger partial charge in [0.25, 0.3) is 0 Å². The highest BCUT2D eigenvalue weighted by atomic mass is 16.5. The van der Waals surface area contributed by atoms with E-state index in [0.29, 0.717) is 0 Å². The molecule has 0 saturated heterocycles. The number of aryl methyl sites for hydroxylation is 1. The summed E-state index contributed by atoms with van der Waals surface area (Å²) in [6.45, 7) is 6.46. The maximum absolute atomic E-state index is 5.92. The lowest BCUT2D eigenvalue weighted by Gasteiger charge is -2.21. The molecule has 0 spiro atoms. The molecule has 70 valence electrons. The van der Waals surface area contributed by atoms with Gasteiger partial charge in [-0.3, -0.25) is 0 Å². The average Bonchev–Trinajstić information content (AvgIpc) is 2.42. The summed E-state index contributed by atoms with van der Waals surface area (Å²) in [4.78, 5) is 0. The topological polar surface area (TPSA) is 9.23 Å². The van der Waals surface area contributed by atoms with Crippen molar-refractivity contribution >= 4 is 0 Å². The first-order valence-electron chi connectivity index (χ1n) is 4.91. The number of ether oxygens (including phenoxy) is 1. The number of fused-ring (bicyclic) bond motifs is 1. The van der Waals surface area contributed by atoms with Crippen LogP contribution in [0.4, 0.5) is 0 Å². The molecule has 2 rings (SSSR count). The molecule has 0 aromatic heterocycles. The fourth-order valence-corrected chi connectivity index (χ4v) is 1.80. The summed E-state index contributed by atoms with van der Waals surface area (Å²) in [7, 11) is 0. The molecule has 1 unspecified atom stereocenters. The zero-order chi connectivity index (χ0) is 9.47. The Balaban J connectivity index is 2.35. The largest absolute Gasteiger partial charge is 0.487 e. The fraction of sp³-hybridized carbons (Fsp3) is 0.500. The normalized spacial score (nSPS) is 25.5. The van der Waals surface area contributed by atoms with Gasteiger partial charge in [-0.1, -0.05) is 19.1 Å². The van der Waals surface area contributed by atoms with Crippen molar-refractivity contribution in [1.82, 2.24) is 0 Å². The zero-order valence-corrected chi connectivity index (χ0v) is 8.55. The first-order chi connectivity index (χ1) is 6.13. The van der Waals surface area contributed by atoms with E-state index in [9.17, 15) is 0 Å². The molecule has 0 saturated carbocycles. The SMILES string of the molecule is CCC1(C)Cc2ccc(C)cc2O1.